The SMILES string of the molecule is COC(=O)c1sccc1S(=O)(=O)N1CCC(C(=O)Nc2nccs2)CC1. The fraction of sp³-hybridized carbons (Fsp3) is 0.400. The molecule has 3 rings (SSSR count). The summed E-state index contributed by atoms with van der Waals surface area (Å²) in [6.45, 7) is 0.434. The number of nitrogens with zero attached hydrogens (tertiary/aromatic N) is 2. The van der Waals surface area contributed by atoms with E-state index >= 15 is 0 Å². The number of methoxy groups -OCH3 is 1. The first kappa shape index (κ1) is 19.0. The Labute approximate surface area is 158 Å². The van der Waals surface area contributed by atoms with E-state index in [1.807, 2.05) is 0 Å². The molecule has 1 amide bonds. The number of carbonyl (C=O) groups excluding carboxylic acids is 2. The number of hydrogen-bond donors (Lipinski definition) is 1. The van der Waals surface area contributed by atoms with Crippen molar-refractivity contribution in [3.05, 3.63) is 27.9 Å². The average Bonchev–Trinajstić information content (AvgIpc) is 3.33. The van der Waals surface area contributed by atoms with Crippen molar-refractivity contribution in [2.24, 2.45) is 5.92 Å². The Morgan fingerprint density at radius 1 is 1.27 bits per heavy atom. The van der Waals surface area contributed by atoms with Crippen LogP contribution in [0.15, 0.2) is 27.9 Å². The Bertz CT molecular complexity index is 884. The number of sulfonamides is 1. The first-order valence-corrected chi connectivity index (χ1v) is 11.0. The summed E-state index contributed by atoms with van der Waals surface area (Å²) in [6, 6.07) is 1.41. The smallest absolute Gasteiger partial charge is 0.349 e. The third kappa shape index (κ3) is 3.80. The van der Waals surface area contributed by atoms with Crippen molar-refractivity contribution in [1.29, 1.82) is 0 Å². The molecule has 0 bridgehead atoms. The molecule has 0 spiro atoms. The number of ether oxygens (including phenoxy) is 1. The van der Waals surface area contributed by atoms with Crippen molar-refractivity contribution >= 4 is 49.7 Å². The molecule has 3 heterocycles. The van der Waals surface area contributed by atoms with Gasteiger partial charge in [0.15, 0.2) is 5.13 Å². The topological polar surface area (TPSA) is 106 Å². The highest BCUT2D eigenvalue weighted by atomic mass is 32.2. The number of nitrogens with one attached hydrogen (secondary N) is 1. The van der Waals surface area contributed by atoms with Gasteiger partial charge >= 0.3 is 5.97 Å². The molecule has 0 aromatic carbocycles. The van der Waals surface area contributed by atoms with E-state index < -0.39 is 16.0 Å². The standard InChI is InChI=1S/C15H17N3O5S3/c1-23-14(20)12-11(4-8-24-12)26(21,22)18-6-2-10(3-7-18)13(19)17-15-16-5-9-25-15/h4-5,8-10H,2-3,6-7H2,1H3,(H,16,17,19). The lowest BCUT2D eigenvalue weighted by molar-refractivity contribution is -0.120. The fourth-order valence-electron chi connectivity index (χ4n) is 2.73. The van der Waals surface area contributed by atoms with Gasteiger partial charge in [-0.15, -0.1) is 22.7 Å². The van der Waals surface area contributed by atoms with Crippen molar-refractivity contribution in [1.82, 2.24) is 9.29 Å². The molecule has 2 aromatic rings. The summed E-state index contributed by atoms with van der Waals surface area (Å²) in [5.74, 6) is -1.09. The quantitative estimate of drug-likeness (QED) is 0.749. The van der Waals surface area contributed by atoms with Gasteiger partial charge < -0.3 is 10.1 Å². The van der Waals surface area contributed by atoms with E-state index in [1.165, 1.54) is 28.8 Å². The predicted molar refractivity (Wildman–Crippen MR) is 97.9 cm³/mol. The third-order valence-electron chi connectivity index (χ3n) is 4.10. The molecule has 0 saturated carbocycles. The van der Waals surface area contributed by atoms with E-state index in [0.29, 0.717) is 18.0 Å². The molecule has 0 radical (unpaired) electrons. The lowest BCUT2D eigenvalue weighted by atomic mass is 9.97. The number of piperidine rings is 1. The van der Waals surface area contributed by atoms with Crippen molar-refractivity contribution in [2.75, 3.05) is 25.5 Å². The highest BCUT2D eigenvalue weighted by Crippen LogP contribution is 2.29. The van der Waals surface area contributed by atoms with E-state index in [-0.39, 0.29) is 34.7 Å². The first-order valence-electron chi connectivity index (χ1n) is 7.80. The van der Waals surface area contributed by atoms with Crippen LogP contribution in [0.5, 0.6) is 0 Å². The van der Waals surface area contributed by atoms with Gasteiger partial charge in [0.2, 0.25) is 15.9 Å². The Morgan fingerprint density at radius 2 is 2.00 bits per heavy atom. The van der Waals surface area contributed by atoms with Gasteiger partial charge in [-0.3, -0.25) is 4.79 Å². The molecule has 1 fully saturated rings. The lowest BCUT2D eigenvalue weighted by Gasteiger charge is -2.30. The van der Waals surface area contributed by atoms with Crippen molar-refractivity contribution in [2.45, 2.75) is 17.7 Å². The predicted octanol–water partition coefficient (Wildman–Crippen LogP) is 2.03. The molecule has 0 unspecified atom stereocenters. The highest BCUT2D eigenvalue weighted by molar-refractivity contribution is 7.89. The van der Waals surface area contributed by atoms with Crippen LogP contribution in [0.4, 0.5) is 5.13 Å². The molecule has 0 aliphatic carbocycles. The minimum atomic E-state index is -3.80. The molecule has 2 aromatic heterocycles. The van der Waals surface area contributed by atoms with Gasteiger partial charge in [0.05, 0.1) is 7.11 Å². The monoisotopic (exact) mass is 415 g/mol. The minimum Gasteiger partial charge on any atom is -0.465 e. The number of thiazole rings is 1. The van der Waals surface area contributed by atoms with Crippen LogP contribution < -0.4 is 5.32 Å². The zero-order valence-electron chi connectivity index (χ0n) is 13.9. The lowest BCUT2D eigenvalue weighted by Crippen LogP contribution is -2.41. The largest absolute Gasteiger partial charge is 0.465 e. The number of aromatic nitrogens is 1. The van der Waals surface area contributed by atoms with Gasteiger partial charge in [0.1, 0.15) is 9.77 Å². The van der Waals surface area contributed by atoms with Crippen LogP contribution in [0.1, 0.15) is 22.5 Å². The first-order chi connectivity index (χ1) is 12.4. The van der Waals surface area contributed by atoms with Gasteiger partial charge in [0, 0.05) is 30.6 Å². The van der Waals surface area contributed by atoms with Crippen LogP contribution in [-0.4, -0.2) is 49.8 Å². The molecular weight excluding hydrogens is 398 g/mol. The number of anilines is 1. The molecule has 1 aliphatic heterocycles. The fourth-order valence-corrected chi connectivity index (χ4v) is 6.04. The molecule has 11 heteroatoms. The van der Waals surface area contributed by atoms with Crippen LogP contribution >= 0.6 is 22.7 Å². The second-order valence-corrected chi connectivity index (χ2v) is 9.33. The maximum absolute atomic E-state index is 12.8. The molecular formula is C15H17N3O5S3. The van der Waals surface area contributed by atoms with E-state index in [0.717, 1.165) is 11.3 Å². The van der Waals surface area contributed by atoms with Gasteiger partial charge in [-0.1, -0.05) is 0 Å². The van der Waals surface area contributed by atoms with Crippen LogP contribution in [0.25, 0.3) is 0 Å². The Hall–Kier alpha value is -1.82. The zero-order chi connectivity index (χ0) is 18.7. The Kier molecular flexibility index (Phi) is 5.70. The normalized spacial score (nSPS) is 16.3. The number of hydrogen-bond acceptors (Lipinski definition) is 8. The molecule has 140 valence electrons. The number of amides is 1. The van der Waals surface area contributed by atoms with Crippen LogP contribution in [0.3, 0.4) is 0 Å². The van der Waals surface area contributed by atoms with Crippen molar-refractivity contribution in [3.63, 3.8) is 0 Å². The van der Waals surface area contributed by atoms with E-state index in [2.05, 4.69) is 15.0 Å². The van der Waals surface area contributed by atoms with Crippen LogP contribution in [0.2, 0.25) is 0 Å². The summed E-state index contributed by atoms with van der Waals surface area (Å²) in [5.41, 5.74) is 0. The van der Waals surface area contributed by atoms with Gasteiger partial charge in [0.25, 0.3) is 0 Å². The van der Waals surface area contributed by atoms with Crippen LogP contribution in [0, 0.1) is 5.92 Å². The minimum absolute atomic E-state index is 0.0416. The summed E-state index contributed by atoms with van der Waals surface area (Å²) in [4.78, 5) is 28.1. The van der Waals surface area contributed by atoms with E-state index in [1.54, 1.807) is 17.0 Å². The molecule has 0 atom stereocenters. The van der Waals surface area contributed by atoms with Gasteiger partial charge in [-0.25, -0.2) is 18.2 Å². The van der Waals surface area contributed by atoms with Gasteiger partial charge in [-0.2, -0.15) is 4.31 Å². The van der Waals surface area contributed by atoms with Gasteiger partial charge in [-0.05, 0) is 24.3 Å². The summed E-state index contributed by atoms with van der Waals surface area (Å²) in [6.07, 6.45) is 2.43. The van der Waals surface area contributed by atoms with Crippen LogP contribution in [-0.2, 0) is 19.6 Å². The van der Waals surface area contributed by atoms with E-state index in [9.17, 15) is 18.0 Å². The zero-order valence-corrected chi connectivity index (χ0v) is 16.3. The summed E-state index contributed by atoms with van der Waals surface area (Å²) in [7, 11) is -2.59. The number of carbonyl (C=O) groups is 2. The number of esters is 1. The van der Waals surface area contributed by atoms with Crippen molar-refractivity contribution in [3.8, 4) is 0 Å². The maximum Gasteiger partial charge on any atom is 0.349 e. The molecule has 8 nitrogen and oxygen atoms in total. The van der Waals surface area contributed by atoms with Crippen molar-refractivity contribution < 1.29 is 22.7 Å². The molecule has 1 aliphatic rings. The van der Waals surface area contributed by atoms with E-state index in [4.69, 9.17) is 0 Å². The second-order valence-electron chi connectivity index (χ2n) is 5.61. The number of rotatable bonds is 5. The third-order valence-corrected chi connectivity index (χ3v) is 7.76. The maximum atomic E-state index is 12.8. The Morgan fingerprint density at radius 3 is 2.62 bits per heavy atom. The Balaban J connectivity index is 1.66. The number of thiophene rings is 1. The summed E-state index contributed by atoms with van der Waals surface area (Å²) < 4.78 is 31.6. The second kappa shape index (κ2) is 7.82. The summed E-state index contributed by atoms with van der Waals surface area (Å²) >= 11 is 2.36. The summed E-state index contributed by atoms with van der Waals surface area (Å²) in [5, 5.41) is 6.60. The molecule has 1 saturated heterocycles. The molecule has 26 heavy (non-hydrogen) atoms. The molecule has 1 N–H and O–H groups in total. The average molecular weight is 416 g/mol. The highest BCUT2D eigenvalue weighted by Gasteiger charge is 2.35.